The topological polar surface area (TPSA) is 100 Å². The third-order valence-corrected chi connectivity index (χ3v) is 10.7. The van der Waals surface area contributed by atoms with E-state index in [9.17, 15) is 22.4 Å². The fraction of sp³-hybridized carbons (Fsp3) is 0.333. The standard InChI is InChI=1S/C39H33F5N8O2/c1-3-25-31-22(15-28(41)32(25)43)7-4-8-26(31)34-33(44)35-27(18-47-34)36(49-38(48-35)54-21-39-10-5-13-52(39)19-23(40)17-39)50(2)24-9-14-51(20-24)37(53)29(42)16-30-45-11-6-12-46-30/h1,4,6-8,11-12,15-16,18,23-24H,5,9-10,13-14,17,19-21H2,2H3/b29-16-/t23-,24-,39+/m1/s1. The van der Waals surface area contributed by atoms with Gasteiger partial charge in [0, 0.05) is 74.8 Å². The number of ether oxygens (including phenoxy) is 1. The molecule has 54 heavy (non-hydrogen) atoms. The van der Waals surface area contributed by atoms with Crippen molar-refractivity contribution in [3.8, 4) is 29.6 Å². The van der Waals surface area contributed by atoms with Crippen LogP contribution in [0.25, 0.3) is 39.0 Å². The van der Waals surface area contributed by atoms with Gasteiger partial charge in [0.15, 0.2) is 29.1 Å². The number of carbonyl (C=O) groups is 1. The summed E-state index contributed by atoms with van der Waals surface area (Å²) in [5, 5.41) is 0.549. The van der Waals surface area contributed by atoms with Gasteiger partial charge in [0.1, 0.15) is 29.8 Å². The van der Waals surface area contributed by atoms with E-state index in [1.165, 1.54) is 35.6 Å². The molecule has 0 saturated carbocycles. The minimum absolute atomic E-state index is 0.0568. The number of alkyl halides is 1. The molecular weight excluding hydrogens is 707 g/mol. The number of rotatable bonds is 8. The average molecular weight is 741 g/mol. The second kappa shape index (κ2) is 13.9. The van der Waals surface area contributed by atoms with Crippen molar-refractivity contribution < 1.29 is 31.5 Å². The molecule has 8 rings (SSSR count). The smallest absolute Gasteiger partial charge is 0.319 e. The Balaban J connectivity index is 1.18. The van der Waals surface area contributed by atoms with Gasteiger partial charge in [-0.3, -0.25) is 14.7 Å². The Morgan fingerprint density at radius 1 is 1.11 bits per heavy atom. The molecular formula is C39H33F5N8O2. The van der Waals surface area contributed by atoms with Crippen LogP contribution < -0.4 is 9.64 Å². The minimum atomic E-state index is -1.24. The van der Waals surface area contributed by atoms with E-state index in [0.717, 1.165) is 31.5 Å². The molecule has 0 radical (unpaired) electrons. The predicted octanol–water partition coefficient (Wildman–Crippen LogP) is 6.04. The summed E-state index contributed by atoms with van der Waals surface area (Å²) in [7, 11) is 1.71. The first kappa shape index (κ1) is 35.3. The van der Waals surface area contributed by atoms with E-state index in [4.69, 9.17) is 11.2 Å². The van der Waals surface area contributed by atoms with Gasteiger partial charge in [-0.1, -0.05) is 24.1 Å². The number of benzene rings is 2. The van der Waals surface area contributed by atoms with E-state index in [0.29, 0.717) is 19.4 Å². The molecule has 5 aromatic rings. The lowest BCUT2D eigenvalue weighted by atomic mass is 9.95. The zero-order valence-corrected chi connectivity index (χ0v) is 29.1. The van der Waals surface area contributed by atoms with Gasteiger partial charge >= 0.3 is 6.01 Å². The Morgan fingerprint density at radius 2 is 1.93 bits per heavy atom. The molecule has 0 N–H and O–H groups in total. The molecule has 3 aliphatic rings. The summed E-state index contributed by atoms with van der Waals surface area (Å²) in [6, 6.07) is 6.60. The highest BCUT2D eigenvalue weighted by Gasteiger charge is 2.49. The average Bonchev–Trinajstić information content (AvgIpc) is 3.89. The molecule has 0 unspecified atom stereocenters. The van der Waals surface area contributed by atoms with Crippen LogP contribution in [0.5, 0.6) is 6.01 Å². The normalized spacial score (nSPS) is 21.5. The van der Waals surface area contributed by atoms with Crippen LogP contribution in [0.15, 0.2) is 54.7 Å². The van der Waals surface area contributed by atoms with Gasteiger partial charge in [0.2, 0.25) is 0 Å². The largest absolute Gasteiger partial charge is 0.461 e. The maximum Gasteiger partial charge on any atom is 0.319 e. The lowest BCUT2D eigenvalue weighted by Crippen LogP contribution is -2.43. The van der Waals surface area contributed by atoms with E-state index < -0.39 is 40.9 Å². The van der Waals surface area contributed by atoms with Gasteiger partial charge in [-0.05, 0) is 43.3 Å². The zero-order valence-electron chi connectivity index (χ0n) is 29.1. The second-order valence-corrected chi connectivity index (χ2v) is 13.9. The summed E-state index contributed by atoms with van der Waals surface area (Å²) in [4.78, 5) is 39.7. The van der Waals surface area contributed by atoms with E-state index in [1.807, 2.05) is 0 Å². The first-order valence-electron chi connectivity index (χ1n) is 17.5. The van der Waals surface area contributed by atoms with Crippen molar-refractivity contribution in [1.82, 2.24) is 34.7 Å². The summed E-state index contributed by atoms with van der Waals surface area (Å²) in [6.07, 6.45) is 12.2. The van der Waals surface area contributed by atoms with Crippen LogP contribution in [0.3, 0.4) is 0 Å². The second-order valence-electron chi connectivity index (χ2n) is 13.9. The minimum Gasteiger partial charge on any atom is -0.461 e. The summed E-state index contributed by atoms with van der Waals surface area (Å²) >= 11 is 0. The van der Waals surface area contributed by atoms with Gasteiger partial charge in [-0.15, -0.1) is 6.42 Å². The summed E-state index contributed by atoms with van der Waals surface area (Å²) in [5.74, 6) is -2.63. The predicted molar refractivity (Wildman–Crippen MR) is 191 cm³/mol. The molecule has 3 aliphatic heterocycles. The molecule has 276 valence electrons. The fourth-order valence-electron chi connectivity index (χ4n) is 8.05. The van der Waals surface area contributed by atoms with Crippen LogP contribution in [-0.2, 0) is 4.79 Å². The van der Waals surface area contributed by atoms with Crippen LogP contribution in [0.2, 0.25) is 0 Å². The van der Waals surface area contributed by atoms with Crippen LogP contribution in [0, 0.1) is 29.8 Å². The zero-order chi connectivity index (χ0) is 37.7. The maximum absolute atomic E-state index is 16.9. The van der Waals surface area contributed by atoms with Gasteiger partial charge < -0.3 is 14.5 Å². The molecule has 3 aromatic heterocycles. The number of likely N-dealkylation sites (tertiary alicyclic amines) is 1. The van der Waals surface area contributed by atoms with Crippen molar-refractivity contribution in [1.29, 1.82) is 0 Å². The number of anilines is 1. The number of aromatic nitrogens is 5. The number of likely N-dealkylation sites (N-methyl/N-ethyl adjacent to an activating group) is 1. The molecule has 2 aromatic carbocycles. The number of hydrogen-bond donors (Lipinski definition) is 0. The highest BCUT2D eigenvalue weighted by molar-refractivity contribution is 6.02. The Hall–Kier alpha value is -5.75. The Kier molecular flexibility index (Phi) is 9.09. The van der Waals surface area contributed by atoms with Crippen LogP contribution in [-0.4, -0.2) is 98.2 Å². The lowest BCUT2D eigenvalue weighted by Gasteiger charge is -2.31. The van der Waals surface area contributed by atoms with E-state index >= 15 is 4.39 Å². The van der Waals surface area contributed by atoms with Crippen LogP contribution in [0.1, 0.15) is 37.1 Å². The number of amides is 1. The fourth-order valence-corrected chi connectivity index (χ4v) is 8.05. The van der Waals surface area contributed by atoms with Crippen molar-refractivity contribution >= 4 is 39.5 Å². The number of nitrogens with zero attached hydrogens (tertiary/aromatic N) is 8. The summed E-state index contributed by atoms with van der Waals surface area (Å²) < 4.78 is 82.0. The highest BCUT2D eigenvalue weighted by Crippen LogP contribution is 2.41. The number of halogens is 5. The first-order chi connectivity index (χ1) is 26.1. The van der Waals surface area contributed by atoms with Crippen molar-refractivity contribution in [2.24, 2.45) is 0 Å². The molecule has 6 heterocycles. The van der Waals surface area contributed by atoms with E-state index in [-0.39, 0.29) is 81.9 Å². The number of pyridine rings is 1. The molecule has 0 aliphatic carbocycles. The van der Waals surface area contributed by atoms with Crippen LogP contribution in [0.4, 0.5) is 27.8 Å². The van der Waals surface area contributed by atoms with Crippen molar-refractivity contribution in [3.63, 3.8) is 0 Å². The van der Waals surface area contributed by atoms with E-state index in [1.54, 1.807) is 24.1 Å². The highest BCUT2D eigenvalue weighted by atomic mass is 19.2. The van der Waals surface area contributed by atoms with Crippen molar-refractivity contribution in [2.45, 2.75) is 43.4 Å². The molecule has 0 spiro atoms. The molecule has 3 fully saturated rings. The van der Waals surface area contributed by atoms with Crippen molar-refractivity contribution in [2.75, 3.05) is 44.7 Å². The van der Waals surface area contributed by atoms with Crippen molar-refractivity contribution in [3.05, 3.63) is 83.6 Å². The monoisotopic (exact) mass is 740 g/mol. The number of carbonyl (C=O) groups excluding carboxylic acids is 1. The maximum atomic E-state index is 16.9. The molecule has 1 amide bonds. The van der Waals surface area contributed by atoms with Gasteiger partial charge in [0.25, 0.3) is 5.91 Å². The first-order valence-corrected chi connectivity index (χ1v) is 17.5. The van der Waals surface area contributed by atoms with Crippen LogP contribution >= 0.6 is 0 Å². The third kappa shape index (κ3) is 6.13. The quantitative estimate of drug-likeness (QED) is 0.107. The molecule has 15 heteroatoms. The number of terminal acetylenes is 1. The molecule has 3 atom stereocenters. The number of hydrogen-bond acceptors (Lipinski definition) is 9. The Bertz CT molecular complexity index is 2370. The molecule has 0 bridgehead atoms. The number of fused-ring (bicyclic) bond motifs is 3. The third-order valence-electron chi connectivity index (χ3n) is 10.7. The Morgan fingerprint density at radius 3 is 2.72 bits per heavy atom. The van der Waals surface area contributed by atoms with Gasteiger partial charge in [-0.2, -0.15) is 9.97 Å². The summed E-state index contributed by atoms with van der Waals surface area (Å²) in [5.41, 5.74) is -1.19. The SMILES string of the molecule is C#Cc1c(F)c(F)cc2cccc(-c3ncc4c(N(C)[C@@H]5CCN(C(=O)/C(F)=C/c6ncccn6)C5)nc(OC[C@@]56CCCN5C[C@H](F)C6)nc4c3F)c12. The Labute approximate surface area is 306 Å². The lowest BCUT2D eigenvalue weighted by molar-refractivity contribution is -0.127. The van der Waals surface area contributed by atoms with Gasteiger partial charge in [0.05, 0.1) is 16.5 Å². The summed E-state index contributed by atoms with van der Waals surface area (Å²) in [6.45, 7) is 1.46. The van der Waals surface area contributed by atoms with E-state index in [2.05, 4.69) is 35.7 Å². The molecule has 10 nitrogen and oxygen atoms in total. The molecule has 3 saturated heterocycles. The van der Waals surface area contributed by atoms with Gasteiger partial charge in [-0.25, -0.2) is 31.9 Å².